The van der Waals surface area contributed by atoms with E-state index in [9.17, 15) is 14.4 Å². The zero-order chi connectivity index (χ0) is 19.8. The Morgan fingerprint density at radius 2 is 1.96 bits per heavy atom. The second-order valence-corrected chi connectivity index (χ2v) is 6.99. The molecule has 0 unspecified atom stereocenters. The van der Waals surface area contributed by atoms with Gasteiger partial charge in [-0.25, -0.2) is 9.37 Å². The largest absolute Gasteiger partial charge is 0.425 e. The van der Waals surface area contributed by atoms with Gasteiger partial charge in [0.1, 0.15) is 11.3 Å². The molecule has 28 heavy (non-hydrogen) atoms. The van der Waals surface area contributed by atoms with Gasteiger partial charge < -0.3 is 14.7 Å². The smallest absolute Gasteiger partial charge is 0.309 e. The predicted molar refractivity (Wildman–Crippen MR) is 106 cm³/mol. The maximum absolute atomic E-state index is 13.2. The average molecular weight is 380 g/mol. The molecule has 0 aliphatic carbocycles. The van der Waals surface area contributed by atoms with Gasteiger partial charge in [0.25, 0.3) is 0 Å². The van der Waals surface area contributed by atoms with E-state index < -0.39 is 5.56 Å². The molecule has 0 aliphatic rings. The number of rotatable bonds is 5. The van der Waals surface area contributed by atoms with Gasteiger partial charge in [0.2, 0.25) is 0 Å². The molecule has 1 aromatic carbocycles. The standard InChI is InChI=1S/C21H21FN4O2/c1-3-24(2)12-15-13-25(11-14-4-6-16(22)7-5-14)18-10-23-20-17(19(15)18)8-9-26(28)21(20)27/h4-10,13,28H,3,11-12H2,1-2H3. The van der Waals surface area contributed by atoms with Crippen LogP contribution in [0.3, 0.4) is 0 Å². The van der Waals surface area contributed by atoms with E-state index >= 15 is 0 Å². The Morgan fingerprint density at radius 3 is 2.68 bits per heavy atom. The molecule has 4 rings (SSSR count). The summed E-state index contributed by atoms with van der Waals surface area (Å²) < 4.78 is 15.9. The van der Waals surface area contributed by atoms with Crippen LogP contribution in [0.2, 0.25) is 0 Å². The van der Waals surface area contributed by atoms with Crippen molar-refractivity contribution < 1.29 is 9.60 Å². The molecule has 144 valence electrons. The first-order chi connectivity index (χ1) is 13.5. The van der Waals surface area contributed by atoms with Crippen molar-refractivity contribution >= 4 is 21.8 Å². The van der Waals surface area contributed by atoms with Gasteiger partial charge in [-0.15, -0.1) is 0 Å². The van der Waals surface area contributed by atoms with Gasteiger partial charge in [-0.1, -0.05) is 19.1 Å². The van der Waals surface area contributed by atoms with Crippen LogP contribution in [-0.2, 0) is 13.1 Å². The monoisotopic (exact) mass is 380 g/mol. The highest BCUT2D eigenvalue weighted by Gasteiger charge is 2.16. The van der Waals surface area contributed by atoms with Crippen molar-refractivity contribution in [3.8, 4) is 0 Å². The lowest BCUT2D eigenvalue weighted by molar-refractivity contribution is 0.176. The van der Waals surface area contributed by atoms with Crippen LogP contribution in [0.1, 0.15) is 18.1 Å². The summed E-state index contributed by atoms with van der Waals surface area (Å²) in [6, 6.07) is 8.13. The molecule has 7 heteroatoms. The zero-order valence-electron chi connectivity index (χ0n) is 15.8. The molecule has 3 aromatic heterocycles. The van der Waals surface area contributed by atoms with E-state index in [1.807, 2.05) is 7.05 Å². The molecule has 0 fully saturated rings. The minimum atomic E-state index is -0.541. The Morgan fingerprint density at radius 1 is 1.21 bits per heavy atom. The van der Waals surface area contributed by atoms with Gasteiger partial charge in [0.15, 0.2) is 0 Å². The van der Waals surface area contributed by atoms with Crippen molar-refractivity contribution in [2.45, 2.75) is 20.0 Å². The van der Waals surface area contributed by atoms with Gasteiger partial charge in [-0.2, -0.15) is 4.73 Å². The summed E-state index contributed by atoms with van der Waals surface area (Å²) in [5.41, 5.74) is 2.63. The maximum atomic E-state index is 13.2. The fourth-order valence-electron chi connectivity index (χ4n) is 3.49. The number of aromatic nitrogens is 3. The van der Waals surface area contributed by atoms with Crippen molar-refractivity contribution in [2.75, 3.05) is 13.6 Å². The van der Waals surface area contributed by atoms with Crippen molar-refractivity contribution in [3.63, 3.8) is 0 Å². The number of hydrogen-bond donors (Lipinski definition) is 1. The molecular formula is C21H21FN4O2. The third-order valence-corrected chi connectivity index (χ3v) is 5.08. The Bertz CT molecular complexity index is 1210. The van der Waals surface area contributed by atoms with Crippen molar-refractivity contribution in [1.82, 2.24) is 19.2 Å². The maximum Gasteiger partial charge on any atom is 0.309 e. The average Bonchev–Trinajstić information content (AvgIpc) is 3.03. The molecule has 1 N–H and O–H groups in total. The van der Waals surface area contributed by atoms with Crippen molar-refractivity contribution in [3.05, 3.63) is 76.2 Å². The molecule has 0 radical (unpaired) electrons. The Hall–Kier alpha value is -3.19. The lowest BCUT2D eigenvalue weighted by atomic mass is 10.1. The summed E-state index contributed by atoms with van der Waals surface area (Å²) in [6.07, 6.45) is 5.07. The van der Waals surface area contributed by atoms with E-state index in [1.54, 1.807) is 24.4 Å². The molecule has 0 atom stereocenters. The highest BCUT2D eigenvalue weighted by Crippen LogP contribution is 2.29. The normalized spacial score (nSPS) is 11.7. The number of nitrogens with zero attached hydrogens (tertiary/aromatic N) is 4. The fraction of sp³-hybridized carbons (Fsp3) is 0.238. The Kier molecular flexibility index (Phi) is 4.60. The van der Waals surface area contributed by atoms with E-state index in [4.69, 9.17) is 0 Å². The summed E-state index contributed by atoms with van der Waals surface area (Å²) in [5.74, 6) is -0.265. The topological polar surface area (TPSA) is 63.3 Å². The first-order valence-electron chi connectivity index (χ1n) is 9.12. The van der Waals surface area contributed by atoms with Crippen LogP contribution in [0.25, 0.3) is 21.8 Å². The molecule has 6 nitrogen and oxygen atoms in total. The molecule has 0 saturated carbocycles. The SMILES string of the molecule is CCN(C)Cc1cn(Cc2ccc(F)cc2)c2cnc3c(=O)n(O)ccc3c12. The number of halogens is 1. The van der Waals surface area contributed by atoms with Crippen LogP contribution in [0, 0.1) is 5.82 Å². The highest BCUT2D eigenvalue weighted by atomic mass is 19.1. The number of pyridine rings is 2. The lowest BCUT2D eigenvalue weighted by Gasteiger charge is -2.13. The van der Waals surface area contributed by atoms with Gasteiger partial charge >= 0.3 is 5.56 Å². The third kappa shape index (κ3) is 3.14. The molecule has 0 bridgehead atoms. The van der Waals surface area contributed by atoms with E-state index in [-0.39, 0.29) is 11.3 Å². The fourth-order valence-corrected chi connectivity index (χ4v) is 3.49. The van der Waals surface area contributed by atoms with Crippen LogP contribution in [0.4, 0.5) is 4.39 Å². The molecule has 0 amide bonds. The van der Waals surface area contributed by atoms with Crippen LogP contribution >= 0.6 is 0 Å². The zero-order valence-corrected chi connectivity index (χ0v) is 15.8. The van der Waals surface area contributed by atoms with Gasteiger partial charge in [-0.05, 0) is 42.9 Å². The third-order valence-electron chi connectivity index (χ3n) is 5.08. The second kappa shape index (κ2) is 7.09. The van der Waals surface area contributed by atoms with Crippen LogP contribution in [0.15, 0.2) is 53.7 Å². The first-order valence-corrected chi connectivity index (χ1v) is 9.12. The van der Waals surface area contributed by atoms with Crippen LogP contribution in [-0.4, -0.2) is 38.0 Å². The van der Waals surface area contributed by atoms with Crippen LogP contribution < -0.4 is 5.56 Å². The number of hydrogen-bond acceptors (Lipinski definition) is 4. The lowest BCUT2D eigenvalue weighted by Crippen LogP contribution is -2.18. The van der Waals surface area contributed by atoms with E-state index in [1.165, 1.54) is 18.3 Å². The predicted octanol–water partition coefficient (Wildman–Crippen LogP) is 3.23. The highest BCUT2D eigenvalue weighted by molar-refractivity contribution is 6.06. The second-order valence-electron chi connectivity index (χ2n) is 6.99. The quantitative estimate of drug-likeness (QED) is 0.540. The molecule has 0 aliphatic heterocycles. The van der Waals surface area contributed by atoms with Gasteiger partial charge in [0.05, 0.1) is 11.7 Å². The minimum Gasteiger partial charge on any atom is -0.425 e. The Balaban J connectivity index is 1.93. The molecule has 3 heterocycles. The summed E-state index contributed by atoms with van der Waals surface area (Å²) in [5, 5.41) is 11.3. The van der Waals surface area contributed by atoms with Crippen molar-refractivity contribution in [1.29, 1.82) is 0 Å². The molecular weight excluding hydrogens is 359 g/mol. The van der Waals surface area contributed by atoms with Crippen molar-refractivity contribution in [2.24, 2.45) is 0 Å². The van der Waals surface area contributed by atoms with Crippen LogP contribution in [0.5, 0.6) is 0 Å². The first kappa shape index (κ1) is 18.2. The van der Waals surface area contributed by atoms with Gasteiger partial charge in [-0.3, -0.25) is 4.79 Å². The van der Waals surface area contributed by atoms with E-state index in [0.29, 0.717) is 23.2 Å². The summed E-state index contributed by atoms with van der Waals surface area (Å²) in [7, 11) is 2.03. The minimum absolute atomic E-state index is 0.234. The summed E-state index contributed by atoms with van der Waals surface area (Å²) in [6.45, 7) is 4.25. The Labute approximate surface area is 161 Å². The molecule has 0 saturated heterocycles. The van der Waals surface area contributed by atoms with E-state index in [0.717, 1.165) is 28.6 Å². The molecule has 0 spiro atoms. The summed E-state index contributed by atoms with van der Waals surface area (Å²) in [4.78, 5) is 18.8. The molecule has 4 aromatic rings. The van der Waals surface area contributed by atoms with Gasteiger partial charge in [0, 0.05) is 36.3 Å². The number of benzene rings is 1. The number of fused-ring (bicyclic) bond motifs is 3. The summed E-state index contributed by atoms with van der Waals surface area (Å²) >= 11 is 0. The van der Waals surface area contributed by atoms with E-state index in [2.05, 4.69) is 27.6 Å².